The molecule has 3 rings (SSSR count). The van der Waals surface area contributed by atoms with Crippen LogP contribution in [0.3, 0.4) is 0 Å². The van der Waals surface area contributed by atoms with Crippen molar-refractivity contribution in [2.75, 3.05) is 32.2 Å². The molecule has 0 aliphatic carbocycles. The number of nitrogens with zero attached hydrogens (tertiary/aromatic N) is 1. The monoisotopic (exact) mass is 440 g/mol. The van der Waals surface area contributed by atoms with Crippen molar-refractivity contribution in [3.8, 4) is 11.6 Å². The molecule has 3 N–H and O–H groups in total. The van der Waals surface area contributed by atoms with E-state index in [1.165, 1.54) is 6.20 Å². The third-order valence-corrected chi connectivity index (χ3v) is 5.13. The van der Waals surface area contributed by atoms with Crippen LogP contribution in [-0.2, 0) is 9.53 Å². The van der Waals surface area contributed by atoms with Gasteiger partial charge in [-0.1, -0.05) is 20.8 Å². The average molecular weight is 441 g/mol. The first-order valence-corrected chi connectivity index (χ1v) is 10.5. The van der Waals surface area contributed by atoms with Gasteiger partial charge in [0, 0.05) is 35.7 Å². The maximum atomic E-state index is 13.0. The summed E-state index contributed by atoms with van der Waals surface area (Å²) < 4.78 is 16.0. The number of aromatic nitrogens is 1. The molecule has 32 heavy (non-hydrogen) atoms. The Balaban J connectivity index is 1.72. The fourth-order valence-electron chi connectivity index (χ4n) is 2.88. The highest BCUT2D eigenvalue weighted by molar-refractivity contribution is 6.50. The molecular weight excluding hydrogens is 410 g/mol. The molecule has 1 aromatic carbocycles. The Kier molecular flexibility index (Phi) is 7.25. The van der Waals surface area contributed by atoms with Gasteiger partial charge in [0.25, 0.3) is 11.5 Å². The summed E-state index contributed by atoms with van der Waals surface area (Å²) in [5.74, 6) is 0.683. The quantitative estimate of drug-likeness (QED) is 0.310. The lowest BCUT2D eigenvalue weighted by Gasteiger charge is -2.18. The number of hydrogen-bond acceptors (Lipinski definition) is 7. The van der Waals surface area contributed by atoms with Crippen LogP contribution in [0.2, 0.25) is 0 Å². The van der Waals surface area contributed by atoms with Crippen LogP contribution in [0, 0.1) is 5.41 Å². The van der Waals surface area contributed by atoms with Gasteiger partial charge in [-0.25, -0.2) is 4.98 Å². The van der Waals surface area contributed by atoms with Crippen molar-refractivity contribution in [1.82, 2.24) is 4.98 Å². The van der Waals surface area contributed by atoms with Crippen molar-refractivity contribution in [2.24, 2.45) is 5.41 Å². The molecule has 0 saturated carbocycles. The minimum atomic E-state index is -0.488. The van der Waals surface area contributed by atoms with Crippen molar-refractivity contribution in [3.63, 3.8) is 0 Å². The van der Waals surface area contributed by atoms with Gasteiger partial charge in [-0.2, -0.15) is 0 Å². The highest BCUT2D eigenvalue weighted by atomic mass is 16.6. The standard InChI is InChI=1S/C24H29N3O5/c1-24(2,3)20(28)13-26-19-11-16(30-4)6-7-18(19)22(25)23(29)15-5-8-21(27-12-15)31-10-9-17-14-32-17/h5-8,11-12,17,25-26H,9-10,13-14H2,1-4H3/p+1. The van der Waals surface area contributed by atoms with E-state index < -0.39 is 5.41 Å². The Hall–Kier alpha value is -3.26. The number of benzene rings is 1. The van der Waals surface area contributed by atoms with Gasteiger partial charge >= 0.3 is 0 Å². The van der Waals surface area contributed by atoms with E-state index in [1.54, 1.807) is 37.4 Å². The van der Waals surface area contributed by atoms with E-state index in [1.807, 2.05) is 20.8 Å². The third-order valence-electron chi connectivity index (χ3n) is 5.13. The van der Waals surface area contributed by atoms with E-state index in [4.69, 9.17) is 19.6 Å². The number of ether oxygens (including phenoxy) is 3. The normalized spacial score (nSPS) is 15.1. The van der Waals surface area contributed by atoms with Gasteiger partial charge in [0.1, 0.15) is 5.75 Å². The molecule has 1 atom stereocenters. The van der Waals surface area contributed by atoms with Gasteiger partial charge in [0.2, 0.25) is 5.88 Å². The molecular formula is C24H30N3O5+. The number of carbonyl (C=O) groups is 2. The molecule has 1 aliphatic rings. The topological polar surface area (TPSA) is 116 Å². The number of epoxide rings is 1. The Labute approximate surface area is 187 Å². The summed E-state index contributed by atoms with van der Waals surface area (Å²) in [6.45, 7) is 6.96. The molecule has 1 aliphatic heterocycles. The first kappa shape index (κ1) is 23.4. The molecule has 1 fully saturated rings. The molecule has 0 bridgehead atoms. The largest absolute Gasteiger partial charge is 0.497 e. The molecule has 170 valence electrons. The summed E-state index contributed by atoms with van der Waals surface area (Å²) >= 11 is 0. The summed E-state index contributed by atoms with van der Waals surface area (Å²) in [5, 5.41) is 9.34. The molecule has 8 nitrogen and oxygen atoms in total. The van der Waals surface area contributed by atoms with Crippen LogP contribution in [0.4, 0.5) is 5.69 Å². The van der Waals surface area contributed by atoms with E-state index >= 15 is 0 Å². The second kappa shape index (κ2) is 9.91. The van der Waals surface area contributed by atoms with Gasteiger partial charge < -0.3 is 19.5 Å². The molecule has 2 heterocycles. The zero-order chi connectivity index (χ0) is 23.3. The molecule has 8 heteroatoms. The Morgan fingerprint density at radius 3 is 2.59 bits per heavy atom. The number of nitrogens with two attached hydrogens (primary N) is 1. The van der Waals surface area contributed by atoms with Gasteiger partial charge in [0.15, 0.2) is 5.78 Å². The Morgan fingerprint density at radius 1 is 1.25 bits per heavy atom. The number of Topliss-reactive ketones (excluding diaryl/α,β-unsaturated/α-hetero) is 2. The Bertz CT molecular complexity index is 992. The molecule has 1 saturated heterocycles. The number of rotatable bonds is 11. The van der Waals surface area contributed by atoms with Crippen LogP contribution in [0.5, 0.6) is 11.6 Å². The van der Waals surface area contributed by atoms with Crippen molar-refractivity contribution < 1.29 is 29.2 Å². The zero-order valence-electron chi connectivity index (χ0n) is 18.9. The number of anilines is 1. The fraction of sp³-hybridized carbons (Fsp3) is 0.417. The highest BCUT2D eigenvalue weighted by Crippen LogP contribution is 2.24. The van der Waals surface area contributed by atoms with Gasteiger partial charge in [0.05, 0.1) is 44.2 Å². The second-order valence-electron chi connectivity index (χ2n) is 8.66. The van der Waals surface area contributed by atoms with Crippen molar-refractivity contribution in [1.29, 1.82) is 0 Å². The maximum Gasteiger partial charge on any atom is 0.258 e. The first-order valence-electron chi connectivity index (χ1n) is 10.5. The van der Waals surface area contributed by atoms with Crippen LogP contribution in [0.1, 0.15) is 43.1 Å². The number of ketones is 2. The highest BCUT2D eigenvalue weighted by Gasteiger charge is 2.26. The summed E-state index contributed by atoms with van der Waals surface area (Å²) in [5.41, 5.74) is 0.927. The molecule has 0 radical (unpaired) electrons. The summed E-state index contributed by atoms with van der Waals surface area (Å²) in [4.78, 5) is 29.5. The first-order chi connectivity index (χ1) is 15.2. The maximum absolute atomic E-state index is 13.0. The Morgan fingerprint density at radius 2 is 2.00 bits per heavy atom. The van der Waals surface area contributed by atoms with E-state index in [2.05, 4.69) is 10.3 Å². The van der Waals surface area contributed by atoms with Crippen LogP contribution >= 0.6 is 0 Å². The summed E-state index contributed by atoms with van der Waals surface area (Å²) in [6.07, 6.45) is 2.54. The molecule has 1 unspecified atom stereocenters. The molecule has 2 aromatic rings. The van der Waals surface area contributed by atoms with Crippen LogP contribution in [0.15, 0.2) is 36.5 Å². The van der Waals surface area contributed by atoms with E-state index in [0.29, 0.717) is 35.1 Å². The number of methoxy groups -OCH3 is 1. The SMILES string of the molecule is COc1ccc(C(=[NH2+])C(=O)c2ccc(OCCC3CO3)nc2)c(NCC(=O)C(C)(C)C)c1. The molecule has 0 amide bonds. The van der Waals surface area contributed by atoms with Crippen molar-refractivity contribution in [2.45, 2.75) is 33.3 Å². The van der Waals surface area contributed by atoms with Gasteiger partial charge in [-0.05, 0) is 18.2 Å². The summed E-state index contributed by atoms with van der Waals surface area (Å²) in [7, 11) is 1.55. The number of pyridine rings is 1. The smallest absolute Gasteiger partial charge is 0.258 e. The van der Waals surface area contributed by atoms with Crippen molar-refractivity contribution in [3.05, 3.63) is 47.7 Å². The third kappa shape index (κ3) is 6.13. The number of nitrogens with one attached hydrogen (secondary N) is 1. The lowest BCUT2D eigenvalue weighted by molar-refractivity contribution is -0.124. The van der Waals surface area contributed by atoms with Crippen LogP contribution in [-0.4, -0.2) is 55.2 Å². The van der Waals surface area contributed by atoms with Crippen molar-refractivity contribution >= 4 is 23.0 Å². The number of hydrogen-bond donors (Lipinski definition) is 2. The predicted molar refractivity (Wildman–Crippen MR) is 120 cm³/mol. The lowest BCUT2D eigenvalue weighted by Crippen LogP contribution is -2.46. The number of carbonyl (C=O) groups excluding carboxylic acids is 2. The lowest BCUT2D eigenvalue weighted by atomic mass is 9.90. The van der Waals surface area contributed by atoms with Gasteiger partial charge in [-0.15, -0.1) is 0 Å². The molecule has 1 aromatic heterocycles. The zero-order valence-corrected chi connectivity index (χ0v) is 18.9. The van der Waals surface area contributed by atoms with E-state index in [-0.39, 0.29) is 29.9 Å². The predicted octanol–water partition coefficient (Wildman–Crippen LogP) is 1.72. The summed E-state index contributed by atoms with van der Waals surface area (Å²) in [6, 6.07) is 8.39. The molecule has 0 spiro atoms. The fourth-order valence-corrected chi connectivity index (χ4v) is 2.88. The van der Waals surface area contributed by atoms with Gasteiger partial charge in [-0.3, -0.25) is 15.0 Å². The average Bonchev–Trinajstić information content (AvgIpc) is 3.60. The van der Waals surface area contributed by atoms with E-state index in [0.717, 1.165) is 13.0 Å². The van der Waals surface area contributed by atoms with Crippen LogP contribution < -0.4 is 20.2 Å². The minimum Gasteiger partial charge on any atom is -0.497 e. The second-order valence-corrected chi connectivity index (χ2v) is 8.66. The minimum absolute atomic E-state index is 0.0317. The van der Waals surface area contributed by atoms with Crippen LogP contribution in [0.25, 0.3) is 0 Å². The van der Waals surface area contributed by atoms with E-state index in [9.17, 15) is 9.59 Å².